The lowest BCUT2D eigenvalue weighted by molar-refractivity contribution is 0.482. The summed E-state index contributed by atoms with van der Waals surface area (Å²) in [7, 11) is 0. The van der Waals surface area contributed by atoms with Gasteiger partial charge in [0.1, 0.15) is 5.75 Å². The third-order valence-electron chi connectivity index (χ3n) is 4.74. The number of hydrogen-bond donors (Lipinski definition) is 1. The highest BCUT2D eigenvalue weighted by molar-refractivity contribution is 6.25. The van der Waals surface area contributed by atoms with E-state index in [9.17, 15) is 5.11 Å². The molecule has 1 N–H and O–H groups in total. The van der Waals surface area contributed by atoms with Crippen LogP contribution in [0.3, 0.4) is 0 Å². The molecule has 0 radical (unpaired) electrons. The first-order chi connectivity index (χ1) is 10.8. The maximum absolute atomic E-state index is 10.6. The van der Waals surface area contributed by atoms with Crippen LogP contribution in [-0.4, -0.2) is 5.11 Å². The van der Waals surface area contributed by atoms with Crippen molar-refractivity contribution in [2.45, 2.75) is 32.6 Å². The summed E-state index contributed by atoms with van der Waals surface area (Å²) in [6.07, 6.45) is 4.68. The molecule has 1 nitrogen and oxygen atoms in total. The van der Waals surface area contributed by atoms with E-state index >= 15 is 0 Å². The van der Waals surface area contributed by atoms with Gasteiger partial charge < -0.3 is 5.11 Å². The van der Waals surface area contributed by atoms with Crippen molar-refractivity contribution in [1.82, 2.24) is 0 Å². The predicted molar refractivity (Wildman–Crippen MR) is 95.0 cm³/mol. The number of phenols is 1. The molecule has 0 bridgehead atoms. The number of phenolic OH excluding ortho intramolecular Hbond substituents is 1. The van der Waals surface area contributed by atoms with Crippen LogP contribution < -0.4 is 0 Å². The number of aryl methyl sites for hydroxylation is 1. The number of unbranched alkanes of at least 4 members (excludes halogenated alkanes) is 2. The fourth-order valence-electron chi connectivity index (χ4n) is 3.67. The van der Waals surface area contributed by atoms with Crippen LogP contribution >= 0.6 is 0 Å². The van der Waals surface area contributed by atoms with Crippen molar-refractivity contribution < 1.29 is 5.11 Å². The van der Waals surface area contributed by atoms with E-state index in [1.165, 1.54) is 46.4 Å². The summed E-state index contributed by atoms with van der Waals surface area (Å²) in [6, 6.07) is 17.0. The van der Waals surface area contributed by atoms with Crippen LogP contribution in [0.25, 0.3) is 32.3 Å². The van der Waals surface area contributed by atoms with Gasteiger partial charge in [-0.15, -0.1) is 0 Å². The van der Waals surface area contributed by atoms with Gasteiger partial charge >= 0.3 is 0 Å². The van der Waals surface area contributed by atoms with Gasteiger partial charge in [-0.1, -0.05) is 62.2 Å². The lowest BCUT2D eigenvalue weighted by atomic mass is 9.90. The van der Waals surface area contributed by atoms with Crippen molar-refractivity contribution in [3.05, 3.63) is 54.1 Å². The highest BCUT2D eigenvalue weighted by Gasteiger charge is 2.14. The quantitative estimate of drug-likeness (QED) is 0.359. The van der Waals surface area contributed by atoms with Crippen molar-refractivity contribution in [3.63, 3.8) is 0 Å². The van der Waals surface area contributed by atoms with Crippen LogP contribution in [0.4, 0.5) is 0 Å². The summed E-state index contributed by atoms with van der Waals surface area (Å²) >= 11 is 0. The number of hydrogen-bond acceptors (Lipinski definition) is 1. The van der Waals surface area contributed by atoms with Gasteiger partial charge in [-0.05, 0) is 46.0 Å². The molecule has 0 heterocycles. The van der Waals surface area contributed by atoms with Gasteiger partial charge in [-0.2, -0.15) is 0 Å². The minimum Gasteiger partial charge on any atom is -0.507 e. The standard InChI is InChI=1S/C21H20O/c1-2-3-4-6-15-10-12-16-11-9-14-7-5-8-17-13-18(22)20(15)21(16)19(14)17/h5,7-13,22H,2-4,6H2,1H3. The highest BCUT2D eigenvalue weighted by Crippen LogP contribution is 2.41. The second-order valence-corrected chi connectivity index (χ2v) is 6.20. The van der Waals surface area contributed by atoms with Crippen LogP contribution in [0.1, 0.15) is 31.7 Å². The summed E-state index contributed by atoms with van der Waals surface area (Å²) in [5.74, 6) is 0.420. The number of rotatable bonds is 4. The fourth-order valence-corrected chi connectivity index (χ4v) is 3.67. The zero-order valence-corrected chi connectivity index (χ0v) is 12.9. The Balaban J connectivity index is 2.07. The largest absolute Gasteiger partial charge is 0.507 e. The van der Waals surface area contributed by atoms with E-state index < -0.39 is 0 Å². The predicted octanol–water partition coefficient (Wildman–Crippen LogP) is 6.02. The van der Waals surface area contributed by atoms with Crippen molar-refractivity contribution in [3.8, 4) is 5.75 Å². The Hall–Kier alpha value is -2.28. The molecule has 0 unspecified atom stereocenters. The first-order valence-corrected chi connectivity index (χ1v) is 8.18. The van der Waals surface area contributed by atoms with E-state index in [0.29, 0.717) is 5.75 Å². The van der Waals surface area contributed by atoms with E-state index in [4.69, 9.17) is 0 Å². The first kappa shape index (κ1) is 13.4. The molecule has 0 spiro atoms. The molecule has 0 atom stereocenters. The molecular weight excluding hydrogens is 268 g/mol. The molecule has 1 heteroatoms. The lowest BCUT2D eigenvalue weighted by Gasteiger charge is -2.15. The average molecular weight is 288 g/mol. The summed E-state index contributed by atoms with van der Waals surface area (Å²) < 4.78 is 0. The highest BCUT2D eigenvalue weighted by atomic mass is 16.3. The minimum absolute atomic E-state index is 0.420. The SMILES string of the molecule is CCCCCc1ccc2ccc3cccc4cc(O)c1c2c34. The fraction of sp³-hybridized carbons (Fsp3) is 0.238. The summed E-state index contributed by atoms with van der Waals surface area (Å²) in [6.45, 7) is 2.22. The molecule has 0 amide bonds. The smallest absolute Gasteiger partial charge is 0.124 e. The molecule has 0 aliphatic heterocycles. The van der Waals surface area contributed by atoms with Gasteiger partial charge in [-0.3, -0.25) is 0 Å². The molecule has 22 heavy (non-hydrogen) atoms. The Morgan fingerprint density at radius 3 is 2.32 bits per heavy atom. The van der Waals surface area contributed by atoms with Gasteiger partial charge in [0.2, 0.25) is 0 Å². The Bertz CT molecular complexity index is 952. The Morgan fingerprint density at radius 2 is 1.50 bits per heavy atom. The van der Waals surface area contributed by atoms with E-state index in [1.54, 1.807) is 0 Å². The summed E-state index contributed by atoms with van der Waals surface area (Å²) in [4.78, 5) is 0. The van der Waals surface area contributed by atoms with Crippen molar-refractivity contribution >= 4 is 32.3 Å². The third-order valence-corrected chi connectivity index (χ3v) is 4.74. The van der Waals surface area contributed by atoms with Crippen LogP contribution in [-0.2, 0) is 6.42 Å². The van der Waals surface area contributed by atoms with Crippen molar-refractivity contribution in [2.24, 2.45) is 0 Å². The monoisotopic (exact) mass is 288 g/mol. The number of benzene rings is 4. The van der Waals surface area contributed by atoms with Gasteiger partial charge in [0.25, 0.3) is 0 Å². The molecule has 110 valence electrons. The topological polar surface area (TPSA) is 20.2 Å². The second-order valence-electron chi connectivity index (χ2n) is 6.20. The van der Waals surface area contributed by atoms with Gasteiger partial charge in [0, 0.05) is 10.8 Å². The third kappa shape index (κ3) is 1.93. The van der Waals surface area contributed by atoms with Gasteiger partial charge in [0.15, 0.2) is 0 Å². The molecule has 0 aromatic heterocycles. The maximum Gasteiger partial charge on any atom is 0.124 e. The van der Waals surface area contributed by atoms with Crippen LogP contribution in [0.15, 0.2) is 48.5 Å². The molecule has 4 rings (SSSR count). The van der Waals surface area contributed by atoms with Crippen LogP contribution in [0.2, 0.25) is 0 Å². The molecular formula is C21H20O. The molecule has 4 aromatic carbocycles. The van der Waals surface area contributed by atoms with Crippen molar-refractivity contribution in [2.75, 3.05) is 0 Å². The van der Waals surface area contributed by atoms with E-state index in [0.717, 1.165) is 17.2 Å². The van der Waals surface area contributed by atoms with E-state index in [2.05, 4.69) is 49.4 Å². The first-order valence-electron chi connectivity index (χ1n) is 8.18. The van der Waals surface area contributed by atoms with Gasteiger partial charge in [-0.25, -0.2) is 0 Å². The normalized spacial score (nSPS) is 11.9. The molecule has 4 aromatic rings. The molecule has 0 fully saturated rings. The van der Waals surface area contributed by atoms with E-state index in [1.807, 2.05) is 6.07 Å². The average Bonchev–Trinajstić information content (AvgIpc) is 2.54. The summed E-state index contributed by atoms with van der Waals surface area (Å²) in [5, 5.41) is 17.8. The van der Waals surface area contributed by atoms with Crippen molar-refractivity contribution in [1.29, 1.82) is 0 Å². The minimum atomic E-state index is 0.420. The Kier molecular flexibility index (Phi) is 3.15. The summed E-state index contributed by atoms with van der Waals surface area (Å²) in [5.41, 5.74) is 1.27. The second kappa shape index (κ2) is 5.17. The Morgan fingerprint density at radius 1 is 0.773 bits per heavy atom. The zero-order chi connectivity index (χ0) is 15.1. The lowest BCUT2D eigenvalue weighted by Crippen LogP contribution is -1.91. The Labute approximate surface area is 130 Å². The van der Waals surface area contributed by atoms with Crippen LogP contribution in [0.5, 0.6) is 5.75 Å². The van der Waals surface area contributed by atoms with Gasteiger partial charge in [0.05, 0.1) is 0 Å². The molecule has 0 saturated heterocycles. The zero-order valence-electron chi connectivity index (χ0n) is 12.9. The van der Waals surface area contributed by atoms with Crippen LogP contribution in [0, 0.1) is 0 Å². The molecule has 0 saturated carbocycles. The number of aromatic hydroxyl groups is 1. The maximum atomic E-state index is 10.6. The molecule has 0 aliphatic carbocycles. The molecule has 0 aliphatic rings. The van der Waals surface area contributed by atoms with E-state index in [-0.39, 0.29) is 0 Å².